The van der Waals surface area contributed by atoms with E-state index in [1.807, 2.05) is 60.7 Å². The molecule has 1 N–H and O–H groups in total. The molecular weight excluding hydrogens is 621 g/mol. The molecule has 0 spiro atoms. The highest BCUT2D eigenvalue weighted by atomic mass is 79.9. The molecule has 0 aromatic heterocycles. The summed E-state index contributed by atoms with van der Waals surface area (Å²) in [6.45, 7) is 0.125. The molecule has 5 rings (SSSR count). The van der Waals surface area contributed by atoms with Crippen LogP contribution in [-0.4, -0.2) is 35.6 Å². The molecule has 212 valence electrons. The lowest BCUT2D eigenvalue weighted by Gasteiger charge is -2.16. The SMILES string of the molecule is COc1ccc(CN2C(=O)/C(=C/c3ccc(OCC(=O)Nc4ccc(F)cc4)c(Br)c3)SC2=Nc2ccccc2)cc1. The average Bonchev–Trinajstić information content (AvgIpc) is 3.27. The fraction of sp³-hybridized carbons (Fsp3) is 0.0938. The molecule has 0 saturated carbocycles. The van der Waals surface area contributed by atoms with Crippen LogP contribution in [-0.2, 0) is 16.1 Å². The van der Waals surface area contributed by atoms with Crippen molar-refractivity contribution in [2.45, 2.75) is 6.54 Å². The second-order valence-corrected chi connectivity index (χ2v) is 11.0. The van der Waals surface area contributed by atoms with Crippen LogP contribution in [0.5, 0.6) is 11.5 Å². The number of carbonyl (C=O) groups excluding carboxylic acids is 2. The van der Waals surface area contributed by atoms with Crippen molar-refractivity contribution in [3.63, 3.8) is 0 Å². The summed E-state index contributed by atoms with van der Waals surface area (Å²) in [5, 5.41) is 3.24. The molecule has 1 aliphatic heterocycles. The number of para-hydroxylation sites is 1. The lowest BCUT2D eigenvalue weighted by atomic mass is 10.2. The molecule has 1 heterocycles. The quantitative estimate of drug-likeness (QED) is 0.192. The summed E-state index contributed by atoms with van der Waals surface area (Å²) in [5.41, 5.74) is 2.94. The number of amides is 2. The highest BCUT2D eigenvalue weighted by Crippen LogP contribution is 2.36. The van der Waals surface area contributed by atoms with Crippen molar-refractivity contribution >= 4 is 62.1 Å². The van der Waals surface area contributed by atoms with Gasteiger partial charge in [-0.1, -0.05) is 36.4 Å². The minimum absolute atomic E-state index is 0.153. The summed E-state index contributed by atoms with van der Waals surface area (Å²) in [7, 11) is 1.61. The Morgan fingerprint density at radius 3 is 2.45 bits per heavy atom. The molecule has 0 bridgehead atoms. The molecule has 0 atom stereocenters. The first kappa shape index (κ1) is 29.1. The van der Waals surface area contributed by atoms with Gasteiger partial charge in [0.25, 0.3) is 11.8 Å². The lowest BCUT2D eigenvalue weighted by Crippen LogP contribution is -2.28. The molecule has 42 heavy (non-hydrogen) atoms. The van der Waals surface area contributed by atoms with E-state index >= 15 is 0 Å². The Kier molecular flexibility index (Phi) is 9.35. The van der Waals surface area contributed by atoms with Crippen molar-refractivity contribution in [1.82, 2.24) is 4.90 Å². The number of nitrogens with one attached hydrogen (secondary N) is 1. The molecule has 0 unspecified atom stereocenters. The number of hydrogen-bond donors (Lipinski definition) is 1. The van der Waals surface area contributed by atoms with Crippen LogP contribution in [0.15, 0.2) is 111 Å². The van der Waals surface area contributed by atoms with E-state index < -0.39 is 0 Å². The number of amidine groups is 1. The summed E-state index contributed by atoms with van der Waals surface area (Å²) in [4.78, 5) is 32.8. The molecule has 1 aliphatic rings. The van der Waals surface area contributed by atoms with Crippen molar-refractivity contribution in [3.8, 4) is 11.5 Å². The number of methoxy groups -OCH3 is 1. The Labute approximate surface area is 255 Å². The van der Waals surface area contributed by atoms with Gasteiger partial charge in [-0.05, 0) is 106 Å². The molecule has 0 aliphatic carbocycles. The Morgan fingerprint density at radius 2 is 1.76 bits per heavy atom. The number of benzene rings is 4. The minimum atomic E-state index is -0.384. The van der Waals surface area contributed by atoms with Crippen LogP contribution < -0.4 is 14.8 Å². The highest BCUT2D eigenvalue weighted by Gasteiger charge is 2.33. The average molecular weight is 647 g/mol. The van der Waals surface area contributed by atoms with Gasteiger partial charge < -0.3 is 14.8 Å². The van der Waals surface area contributed by atoms with Crippen LogP contribution in [0.2, 0.25) is 0 Å². The number of halogens is 2. The minimum Gasteiger partial charge on any atom is -0.497 e. The number of hydrogen-bond acceptors (Lipinski definition) is 6. The summed E-state index contributed by atoms with van der Waals surface area (Å²) in [5.74, 6) is 0.287. The molecule has 0 radical (unpaired) electrons. The van der Waals surface area contributed by atoms with Crippen molar-refractivity contribution in [2.75, 3.05) is 19.0 Å². The molecule has 1 saturated heterocycles. The number of aliphatic imine (C=N–C) groups is 1. The van der Waals surface area contributed by atoms with E-state index in [4.69, 9.17) is 14.5 Å². The number of carbonyl (C=O) groups is 2. The first-order valence-corrected chi connectivity index (χ1v) is 14.4. The number of ether oxygens (including phenoxy) is 2. The third kappa shape index (κ3) is 7.45. The predicted molar refractivity (Wildman–Crippen MR) is 167 cm³/mol. The normalized spacial score (nSPS) is 14.8. The first-order valence-electron chi connectivity index (χ1n) is 12.8. The first-order chi connectivity index (χ1) is 20.4. The largest absolute Gasteiger partial charge is 0.497 e. The fourth-order valence-electron chi connectivity index (χ4n) is 4.01. The van der Waals surface area contributed by atoms with Crippen LogP contribution >= 0.6 is 27.7 Å². The second-order valence-electron chi connectivity index (χ2n) is 9.11. The smallest absolute Gasteiger partial charge is 0.267 e. The van der Waals surface area contributed by atoms with Crippen molar-refractivity contribution < 1.29 is 23.5 Å². The number of nitrogens with zero attached hydrogens (tertiary/aromatic N) is 2. The van der Waals surface area contributed by atoms with Crippen molar-refractivity contribution in [1.29, 1.82) is 0 Å². The zero-order valence-corrected chi connectivity index (χ0v) is 24.8. The van der Waals surface area contributed by atoms with Gasteiger partial charge in [0.1, 0.15) is 17.3 Å². The lowest BCUT2D eigenvalue weighted by molar-refractivity contribution is -0.122. The van der Waals surface area contributed by atoms with Crippen LogP contribution in [0.4, 0.5) is 15.8 Å². The predicted octanol–water partition coefficient (Wildman–Crippen LogP) is 7.42. The maximum absolute atomic E-state index is 13.6. The van der Waals surface area contributed by atoms with Crippen molar-refractivity contribution in [2.24, 2.45) is 4.99 Å². The third-order valence-corrected chi connectivity index (χ3v) is 7.74. The summed E-state index contributed by atoms with van der Waals surface area (Å²) in [6, 6.07) is 27.9. The molecule has 2 amide bonds. The molecule has 7 nitrogen and oxygen atoms in total. The zero-order chi connectivity index (χ0) is 29.5. The molecule has 10 heteroatoms. The van der Waals surface area contributed by atoms with Crippen LogP contribution in [0.1, 0.15) is 11.1 Å². The van der Waals surface area contributed by atoms with Crippen LogP contribution in [0.25, 0.3) is 6.08 Å². The van der Waals surface area contributed by atoms with Gasteiger partial charge in [-0.25, -0.2) is 9.38 Å². The van der Waals surface area contributed by atoms with E-state index in [-0.39, 0.29) is 24.2 Å². The fourth-order valence-corrected chi connectivity index (χ4v) is 5.52. The van der Waals surface area contributed by atoms with E-state index in [0.29, 0.717) is 32.5 Å². The number of anilines is 1. The zero-order valence-electron chi connectivity index (χ0n) is 22.4. The maximum atomic E-state index is 13.6. The van der Waals surface area contributed by atoms with Gasteiger partial charge in [0, 0.05) is 5.69 Å². The van der Waals surface area contributed by atoms with Crippen LogP contribution in [0.3, 0.4) is 0 Å². The Morgan fingerprint density at radius 1 is 1.02 bits per heavy atom. The maximum Gasteiger partial charge on any atom is 0.267 e. The van der Waals surface area contributed by atoms with E-state index in [2.05, 4.69) is 21.2 Å². The third-order valence-electron chi connectivity index (χ3n) is 6.11. The topological polar surface area (TPSA) is 80.2 Å². The molecule has 1 fully saturated rings. The Hall–Kier alpha value is -4.41. The number of rotatable bonds is 9. The van der Waals surface area contributed by atoms with Gasteiger partial charge >= 0.3 is 0 Å². The molecule has 4 aromatic rings. The summed E-state index contributed by atoms with van der Waals surface area (Å²) >= 11 is 4.81. The van der Waals surface area contributed by atoms with Crippen LogP contribution in [0, 0.1) is 5.82 Å². The van der Waals surface area contributed by atoms with Gasteiger partial charge in [-0.2, -0.15) is 0 Å². The summed E-state index contributed by atoms with van der Waals surface area (Å²) in [6.07, 6.45) is 1.80. The highest BCUT2D eigenvalue weighted by molar-refractivity contribution is 9.10. The van der Waals surface area contributed by atoms with E-state index in [1.165, 1.54) is 36.0 Å². The summed E-state index contributed by atoms with van der Waals surface area (Å²) < 4.78 is 24.6. The molecule has 4 aromatic carbocycles. The van der Waals surface area contributed by atoms with E-state index in [1.54, 1.807) is 30.2 Å². The standard InChI is InChI=1S/C32H25BrFN3O4S/c1-40-26-14-7-21(8-15-26)19-37-31(39)29(42-32(37)36-24-5-3-2-4-6-24)18-22-9-16-28(27(33)17-22)41-20-30(38)35-25-12-10-23(34)11-13-25/h2-18H,19-20H2,1H3,(H,35,38)/b29-18-,36-32?. The Bertz CT molecular complexity index is 1650. The van der Waals surface area contributed by atoms with E-state index in [0.717, 1.165) is 22.6 Å². The van der Waals surface area contributed by atoms with Gasteiger partial charge in [-0.3, -0.25) is 14.5 Å². The van der Waals surface area contributed by atoms with Crippen molar-refractivity contribution in [3.05, 3.63) is 123 Å². The van der Waals surface area contributed by atoms with Gasteiger partial charge in [0.15, 0.2) is 11.8 Å². The van der Waals surface area contributed by atoms with Gasteiger partial charge in [0.05, 0.1) is 28.7 Å². The van der Waals surface area contributed by atoms with Gasteiger partial charge in [-0.15, -0.1) is 0 Å². The van der Waals surface area contributed by atoms with E-state index in [9.17, 15) is 14.0 Å². The van der Waals surface area contributed by atoms with Gasteiger partial charge in [0.2, 0.25) is 0 Å². The molecular formula is C32H25BrFN3O4S. The Balaban J connectivity index is 1.31. The number of thioether (sulfide) groups is 1. The second kappa shape index (κ2) is 13.5. The monoisotopic (exact) mass is 645 g/mol.